The summed E-state index contributed by atoms with van der Waals surface area (Å²) in [4.78, 5) is 11.6. The molecule has 0 radical (unpaired) electrons. The molecule has 0 fully saturated rings. The molecular weight excluding hydrogens is 228 g/mol. The fourth-order valence-corrected chi connectivity index (χ4v) is 1.71. The quantitative estimate of drug-likeness (QED) is 0.650. The average molecular weight is 250 g/mol. The average Bonchev–Trinajstić information content (AvgIpc) is 2.42. The number of rotatable bonds is 7. The van der Waals surface area contributed by atoms with Crippen molar-refractivity contribution in [1.29, 1.82) is 0 Å². The maximum atomic E-state index is 11.6. The van der Waals surface area contributed by atoms with Gasteiger partial charge in [0.25, 0.3) is 0 Å². The molecule has 1 aromatic carbocycles. The van der Waals surface area contributed by atoms with Crippen LogP contribution in [0.2, 0.25) is 0 Å². The molecule has 18 heavy (non-hydrogen) atoms. The normalized spacial score (nSPS) is 11.9. The molecule has 0 spiro atoms. The maximum absolute atomic E-state index is 11.6. The smallest absolute Gasteiger partial charge is 0.315 e. The zero-order chi connectivity index (χ0) is 13.2. The summed E-state index contributed by atoms with van der Waals surface area (Å²) in [5.41, 5.74) is 0.906. The largest absolute Gasteiger partial charge is 0.394 e. The number of aliphatic hydroxyl groups is 1. The van der Waals surface area contributed by atoms with Gasteiger partial charge in [-0.1, -0.05) is 50.1 Å². The predicted octanol–water partition coefficient (Wildman–Crippen LogP) is 2.21. The molecule has 1 rings (SSSR count). The second-order valence-corrected chi connectivity index (χ2v) is 4.25. The predicted molar refractivity (Wildman–Crippen MR) is 72.3 cm³/mol. The van der Waals surface area contributed by atoms with E-state index in [-0.39, 0.29) is 18.7 Å². The number of unbranched alkanes of at least 4 members (excludes halogenated alkanes) is 2. The van der Waals surface area contributed by atoms with Crippen LogP contribution in [0.15, 0.2) is 30.3 Å². The molecule has 1 unspecified atom stereocenters. The molecule has 0 aliphatic heterocycles. The van der Waals surface area contributed by atoms with Gasteiger partial charge >= 0.3 is 6.03 Å². The van der Waals surface area contributed by atoms with E-state index in [1.165, 1.54) is 0 Å². The minimum atomic E-state index is -0.350. The van der Waals surface area contributed by atoms with Crippen LogP contribution in [-0.4, -0.2) is 24.3 Å². The van der Waals surface area contributed by atoms with Crippen LogP contribution in [0.5, 0.6) is 0 Å². The van der Waals surface area contributed by atoms with Gasteiger partial charge < -0.3 is 15.7 Å². The van der Waals surface area contributed by atoms with Crippen molar-refractivity contribution in [1.82, 2.24) is 10.6 Å². The molecule has 4 nitrogen and oxygen atoms in total. The lowest BCUT2D eigenvalue weighted by molar-refractivity contribution is 0.217. The van der Waals surface area contributed by atoms with Crippen LogP contribution in [0.3, 0.4) is 0 Å². The Labute approximate surface area is 108 Å². The summed E-state index contributed by atoms with van der Waals surface area (Å²) in [7, 11) is 0. The lowest BCUT2D eigenvalue weighted by Crippen LogP contribution is -2.39. The number of urea groups is 1. The van der Waals surface area contributed by atoms with Gasteiger partial charge in [-0.15, -0.1) is 0 Å². The second-order valence-electron chi connectivity index (χ2n) is 4.25. The summed E-state index contributed by atoms with van der Waals surface area (Å²) in [5, 5.41) is 14.8. The SMILES string of the molecule is CCCCCNC(=O)NC(CO)c1ccccc1. The van der Waals surface area contributed by atoms with Crippen molar-refractivity contribution in [3.05, 3.63) is 35.9 Å². The first-order chi connectivity index (χ1) is 8.77. The Morgan fingerprint density at radius 1 is 1.28 bits per heavy atom. The van der Waals surface area contributed by atoms with Gasteiger partial charge in [-0.3, -0.25) is 0 Å². The summed E-state index contributed by atoms with van der Waals surface area (Å²) >= 11 is 0. The monoisotopic (exact) mass is 250 g/mol. The van der Waals surface area contributed by atoms with Gasteiger partial charge in [0, 0.05) is 6.54 Å². The van der Waals surface area contributed by atoms with Crippen LogP contribution < -0.4 is 10.6 Å². The van der Waals surface area contributed by atoms with Gasteiger partial charge in [-0.25, -0.2) is 4.79 Å². The molecule has 0 heterocycles. The molecule has 1 aromatic rings. The van der Waals surface area contributed by atoms with Gasteiger partial charge in [0.15, 0.2) is 0 Å². The Kier molecular flexibility index (Phi) is 6.87. The van der Waals surface area contributed by atoms with Crippen molar-refractivity contribution in [2.75, 3.05) is 13.2 Å². The van der Waals surface area contributed by atoms with E-state index in [2.05, 4.69) is 17.6 Å². The Morgan fingerprint density at radius 3 is 2.61 bits per heavy atom. The maximum Gasteiger partial charge on any atom is 0.315 e. The van der Waals surface area contributed by atoms with Crippen molar-refractivity contribution in [3.8, 4) is 0 Å². The highest BCUT2D eigenvalue weighted by atomic mass is 16.3. The first-order valence-electron chi connectivity index (χ1n) is 6.48. The van der Waals surface area contributed by atoms with Crippen molar-refractivity contribution in [2.24, 2.45) is 0 Å². The lowest BCUT2D eigenvalue weighted by atomic mass is 10.1. The Bertz CT molecular complexity index is 341. The second kappa shape index (κ2) is 8.53. The van der Waals surface area contributed by atoms with E-state index < -0.39 is 0 Å². The number of amides is 2. The number of carbonyl (C=O) groups excluding carboxylic acids is 1. The number of hydrogen-bond acceptors (Lipinski definition) is 2. The lowest BCUT2D eigenvalue weighted by Gasteiger charge is -2.17. The van der Waals surface area contributed by atoms with Gasteiger partial charge in [-0.05, 0) is 12.0 Å². The number of hydrogen-bond donors (Lipinski definition) is 3. The molecule has 0 saturated heterocycles. The summed E-state index contributed by atoms with van der Waals surface area (Å²) in [5.74, 6) is 0. The van der Waals surface area contributed by atoms with Crippen molar-refractivity contribution < 1.29 is 9.90 Å². The fourth-order valence-electron chi connectivity index (χ4n) is 1.71. The molecule has 0 aliphatic carbocycles. The molecule has 0 aliphatic rings. The van der Waals surface area contributed by atoms with Gasteiger partial charge in [0.1, 0.15) is 0 Å². The molecule has 100 valence electrons. The Hall–Kier alpha value is -1.55. The third-order valence-corrected chi connectivity index (χ3v) is 2.76. The van der Waals surface area contributed by atoms with Crippen molar-refractivity contribution in [3.63, 3.8) is 0 Å². The summed E-state index contributed by atoms with van der Waals surface area (Å²) in [6.45, 7) is 2.69. The van der Waals surface area contributed by atoms with Gasteiger partial charge in [0.05, 0.1) is 12.6 Å². The minimum absolute atomic E-state index is 0.105. The topological polar surface area (TPSA) is 61.4 Å². The summed E-state index contributed by atoms with van der Waals surface area (Å²) in [6, 6.07) is 8.88. The highest BCUT2D eigenvalue weighted by Gasteiger charge is 2.12. The molecule has 2 amide bonds. The zero-order valence-corrected chi connectivity index (χ0v) is 10.9. The number of aliphatic hydroxyl groups excluding tert-OH is 1. The highest BCUT2D eigenvalue weighted by Crippen LogP contribution is 2.10. The summed E-state index contributed by atoms with van der Waals surface area (Å²) in [6.07, 6.45) is 3.23. The first kappa shape index (κ1) is 14.5. The highest BCUT2D eigenvalue weighted by molar-refractivity contribution is 5.74. The van der Waals surface area contributed by atoms with Crippen LogP contribution >= 0.6 is 0 Å². The van der Waals surface area contributed by atoms with Crippen LogP contribution in [-0.2, 0) is 0 Å². The minimum Gasteiger partial charge on any atom is -0.394 e. The van der Waals surface area contributed by atoms with E-state index in [0.29, 0.717) is 6.54 Å². The molecule has 0 bridgehead atoms. The van der Waals surface area contributed by atoms with E-state index in [9.17, 15) is 9.90 Å². The Balaban J connectivity index is 2.37. The fraction of sp³-hybridized carbons (Fsp3) is 0.500. The zero-order valence-electron chi connectivity index (χ0n) is 10.9. The number of carbonyl (C=O) groups is 1. The van der Waals surface area contributed by atoms with Gasteiger partial charge in [-0.2, -0.15) is 0 Å². The van der Waals surface area contributed by atoms with E-state index in [1.54, 1.807) is 0 Å². The van der Waals surface area contributed by atoms with Crippen LogP contribution in [0.25, 0.3) is 0 Å². The van der Waals surface area contributed by atoms with Crippen LogP contribution in [0.1, 0.15) is 37.8 Å². The molecule has 0 aromatic heterocycles. The third-order valence-electron chi connectivity index (χ3n) is 2.76. The first-order valence-corrected chi connectivity index (χ1v) is 6.48. The van der Waals surface area contributed by atoms with Crippen molar-refractivity contribution in [2.45, 2.75) is 32.2 Å². The van der Waals surface area contributed by atoms with E-state index in [4.69, 9.17) is 0 Å². The van der Waals surface area contributed by atoms with Crippen LogP contribution in [0, 0.1) is 0 Å². The van der Waals surface area contributed by atoms with E-state index in [0.717, 1.165) is 24.8 Å². The third kappa shape index (κ3) is 5.19. The van der Waals surface area contributed by atoms with Crippen LogP contribution in [0.4, 0.5) is 4.79 Å². The molecule has 0 saturated carbocycles. The van der Waals surface area contributed by atoms with E-state index >= 15 is 0 Å². The molecular formula is C14H22N2O2. The summed E-state index contributed by atoms with van der Waals surface area (Å²) < 4.78 is 0. The molecule has 1 atom stereocenters. The van der Waals surface area contributed by atoms with Gasteiger partial charge in [0.2, 0.25) is 0 Å². The standard InChI is InChI=1S/C14H22N2O2/c1-2-3-7-10-15-14(18)16-13(11-17)12-8-5-4-6-9-12/h4-6,8-9,13,17H,2-3,7,10-11H2,1H3,(H2,15,16,18). The Morgan fingerprint density at radius 2 is 2.00 bits per heavy atom. The number of nitrogens with one attached hydrogen (secondary N) is 2. The molecule has 4 heteroatoms. The van der Waals surface area contributed by atoms with Crippen molar-refractivity contribution >= 4 is 6.03 Å². The number of benzene rings is 1. The van der Waals surface area contributed by atoms with E-state index in [1.807, 2.05) is 30.3 Å². The molecule has 3 N–H and O–H groups in total.